The first kappa shape index (κ1) is 26.9. The van der Waals surface area contributed by atoms with E-state index in [-0.39, 0.29) is 0 Å². The number of thiophene rings is 1. The van der Waals surface area contributed by atoms with E-state index in [0.717, 1.165) is 39.0 Å². The topological polar surface area (TPSA) is 16.4 Å². The molecule has 0 radical (unpaired) electrons. The zero-order valence-electron chi connectivity index (χ0n) is 26.4. The van der Waals surface area contributed by atoms with Crippen LogP contribution < -0.4 is 4.90 Å². The van der Waals surface area contributed by atoms with Gasteiger partial charge in [-0.05, 0) is 68.0 Å². The quantitative estimate of drug-likeness (QED) is 0.179. The number of nitrogens with zero attached hydrogens (tertiary/aromatic N) is 1. The summed E-state index contributed by atoms with van der Waals surface area (Å²) in [7, 11) is 0. The van der Waals surface area contributed by atoms with Crippen molar-refractivity contribution in [3.05, 3.63) is 164 Å². The number of para-hydroxylation sites is 2. The zero-order chi connectivity index (χ0) is 32.1. The Bertz CT molecular complexity index is 3130. The molecule has 0 saturated heterocycles. The minimum atomic E-state index is 0.884. The second-order valence-electron chi connectivity index (χ2n) is 12.8. The summed E-state index contributed by atoms with van der Waals surface area (Å²) in [5, 5.41) is 14.8. The standard InChI is InChI=1S/C46H27NOS/c1-3-12-30-28(10-1)22-24-34-32-15-7-17-39(35(32)27-26-33(30)34)47(41-19-8-16-37-36-14-5-6-20-42(36)48-45(37)41)40-18-9-21-43-44(40)38-25-23-29-11-2-4-13-31(29)46(38)49-43/h1-27H. The first-order chi connectivity index (χ1) is 24.3. The Morgan fingerprint density at radius 2 is 0.939 bits per heavy atom. The molecule has 0 aliphatic carbocycles. The summed E-state index contributed by atoms with van der Waals surface area (Å²) in [6.07, 6.45) is 0. The van der Waals surface area contributed by atoms with Crippen molar-refractivity contribution in [1.82, 2.24) is 0 Å². The van der Waals surface area contributed by atoms with Crippen molar-refractivity contribution >= 4 is 114 Å². The number of hydrogen-bond donors (Lipinski definition) is 0. The summed E-state index contributed by atoms with van der Waals surface area (Å²) >= 11 is 1.88. The fourth-order valence-electron chi connectivity index (χ4n) is 8.05. The lowest BCUT2D eigenvalue weighted by Gasteiger charge is -2.28. The number of fused-ring (bicyclic) bond motifs is 13. The van der Waals surface area contributed by atoms with E-state index in [1.165, 1.54) is 63.3 Å². The number of hydrogen-bond acceptors (Lipinski definition) is 3. The van der Waals surface area contributed by atoms with Gasteiger partial charge in [0.05, 0.1) is 17.1 Å². The van der Waals surface area contributed by atoms with Crippen molar-refractivity contribution in [2.24, 2.45) is 0 Å². The second kappa shape index (κ2) is 10.2. The minimum Gasteiger partial charge on any atom is -0.454 e. The molecule has 0 saturated carbocycles. The Morgan fingerprint density at radius 3 is 1.82 bits per heavy atom. The van der Waals surface area contributed by atoms with E-state index in [1.807, 2.05) is 17.4 Å². The van der Waals surface area contributed by atoms with E-state index in [0.29, 0.717) is 0 Å². The van der Waals surface area contributed by atoms with Crippen LogP contribution in [0.1, 0.15) is 0 Å². The Morgan fingerprint density at radius 1 is 0.367 bits per heavy atom. The maximum absolute atomic E-state index is 6.74. The van der Waals surface area contributed by atoms with Crippen LogP contribution >= 0.6 is 11.3 Å². The normalized spacial score (nSPS) is 12.1. The molecule has 0 aliphatic heterocycles. The van der Waals surface area contributed by atoms with E-state index in [4.69, 9.17) is 4.42 Å². The highest BCUT2D eigenvalue weighted by Crippen LogP contribution is 2.50. The number of anilines is 3. The molecule has 49 heavy (non-hydrogen) atoms. The molecule has 0 fully saturated rings. The third-order valence-electron chi connectivity index (χ3n) is 10.2. The van der Waals surface area contributed by atoms with Crippen LogP contribution in [0.2, 0.25) is 0 Å². The van der Waals surface area contributed by atoms with Gasteiger partial charge < -0.3 is 9.32 Å². The van der Waals surface area contributed by atoms with Gasteiger partial charge in [-0.3, -0.25) is 0 Å². The molecule has 0 N–H and O–H groups in total. The molecule has 2 heterocycles. The molecule has 9 aromatic carbocycles. The van der Waals surface area contributed by atoms with Crippen molar-refractivity contribution in [1.29, 1.82) is 0 Å². The van der Waals surface area contributed by atoms with Crippen LogP contribution in [0.4, 0.5) is 17.1 Å². The average molecular weight is 642 g/mol. The Hall–Kier alpha value is -6.16. The molecule has 228 valence electrons. The van der Waals surface area contributed by atoms with Crippen LogP contribution in [0.15, 0.2) is 168 Å². The van der Waals surface area contributed by atoms with Gasteiger partial charge >= 0.3 is 0 Å². The van der Waals surface area contributed by atoms with Gasteiger partial charge in [-0.25, -0.2) is 0 Å². The third kappa shape index (κ3) is 3.82. The molecule has 0 bridgehead atoms. The molecule has 0 aliphatic rings. The predicted octanol–water partition coefficient (Wildman–Crippen LogP) is 14.0. The lowest BCUT2D eigenvalue weighted by Crippen LogP contribution is -2.11. The third-order valence-corrected chi connectivity index (χ3v) is 11.4. The van der Waals surface area contributed by atoms with E-state index in [1.54, 1.807) is 0 Å². The van der Waals surface area contributed by atoms with Crippen LogP contribution in [0.25, 0.3) is 85.2 Å². The fraction of sp³-hybridized carbons (Fsp3) is 0. The van der Waals surface area contributed by atoms with E-state index < -0.39 is 0 Å². The van der Waals surface area contributed by atoms with Crippen LogP contribution in [0.3, 0.4) is 0 Å². The second-order valence-corrected chi connectivity index (χ2v) is 13.9. The van der Waals surface area contributed by atoms with Crippen molar-refractivity contribution in [2.45, 2.75) is 0 Å². The summed E-state index contributed by atoms with van der Waals surface area (Å²) in [6, 6.07) is 59.5. The van der Waals surface area contributed by atoms with Gasteiger partial charge in [0.25, 0.3) is 0 Å². The summed E-state index contributed by atoms with van der Waals surface area (Å²) in [5.74, 6) is 0. The highest BCUT2D eigenvalue weighted by atomic mass is 32.1. The SMILES string of the molecule is c1ccc2c(c1)ccc1c3cccc(N(c4cccc5c4oc4ccccc45)c4cccc5sc6c7ccccc7ccc6c45)c3ccc21. The Kier molecular flexibility index (Phi) is 5.57. The monoisotopic (exact) mass is 641 g/mol. The summed E-state index contributed by atoms with van der Waals surface area (Å²) < 4.78 is 9.32. The van der Waals surface area contributed by atoms with Gasteiger partial charge in [0.1, 0.15) is 5.58 Å². The van der Waals surface area contributed by atoms with Gasteiger partial charge in [0.2, 0.25) is 0 Å². The largest absolute Gasteiger partial charge is 0.454 e. The zero-order valence-corrected chi connectivity index (χ0v) is 27.2. The van der Waals surface area contributed by atoms with Gasteiger partial charge in [-0.2, -0.15) is 0 Å². The Labute approximate surface area is 285 Å². The van der Waals surface area contributed by atoms with Gasteiger partial charge in [-0.1, -0.05) is 133 Å². The average Bonchev–Trinajstić information content (AvgIpc) is 3.75. The lowest BCUT2D eigenvalue weighted by molar-refractivity contribution is 0.669. The number of furan rings is 1. The highest BCUT2D eigenvalue weighted by Gasteiger charge is 2.24. The smallest absolute Gasteiger partial charge is 0.159 e. The summed E-state index contributed by atoms with van der Waals surface area (Å²) in [5.41, 5.74) is 5.06. The van der Waals surface area contributed by atoms with E-state index in [2.05, 4.69) is 163 Å². The molecule has 11 aromatic rings. The lowest BCUT2D eigenvalue weighted by atomic mass is 9.95. The molecule has 2 nitrogen and oxygen atoms in total. The van der Waals surface area contributed by atoms with Crippen molar-refractivity contribution in [3.8, 4) is 0 Å². The fourth-order valence-corrected chi connectivity index (χ4v) is 9.31. The van der Waals surface area contributed by atoms with Crippen LogP contribution in [-0.2, 0) is 0 Å². The maximum Gasteiger partial charge on any atom is 0.159 e. The van der Waals surface area contributed by atoms with E-state index >= 15 is 0 Å². The van der Waals surface area contributed by atoms with Crippen molar-refractivity contribution < 1.29 is 4.42 Å². The molecular weight excluding hydrogens is 615 g/mol. The van der Waals surface area contributed by atoms with Crippen molar-refractivity contribution in [3.63, 3.8) is 0 Å². The van der Waals surface area contributed by atoms with Gasteiger partial charge in [0.15, 0.2) is 5.58 Å². The van der Waals surface area contributed by atoms with Crippen LogP contribution in [0, 0.1) is 0 Å². The summed E-state index contributed by atoms with van der Waals surface area (Å²) in [4.78, 5) is 2.45. The summed E-state index contributed by atoms with van der Waals surface area (Å²) in [6.45, 7) is 0. The van der Waals surface area contributed by atoms with Gasteiger partial charge in [0, 0.05) is 36.3 Å². The highest BCUT2D eigenvalue weighted by molar-refractivity contribution is 7.26. The molecular formula is C46H27NOS. The number of benzene rings is 9. The molecule has 0 unspecified atom stereocenters. The molecule has 3 heteroatoms. The maximum atomic E-state index is 6.74. The van der Waals surface area contributed by atoms with Gasteiger partial charge in [-0.15, -0.1) is 11.3 Å². The number of rotatable bonds is 3. The van der Waals surface area contributed by atoms with Crippen LogP contribution in [0.5, 0.6) is 0 Å². The minimum absolute atomic E-state index is 0.884. The first-order valence-electron chi connectivity index (χ1n) is 16.7. The molecule has 0 atom stereocenters. The van der Waals surface area contributed by atoms with Crippen molar-refractivity contribution in [2.75, 3.05) is 4.90 Å². The van der Waals surface area contributed by atoms with Crippen LogP contribution in [-0.4, -0.2) is 0 Å². The molecule has 11 rings (SSSR count). The molecule has 2 aromatic heterocycles. The predicted molar refractivity (Wildman–Crippen MR) is 211 cm³/mol. The molecule has 0 spiro atoms. The molecule has 0 amide bonds. The van der Waals surface area contributed by atoms with E-state index in [9.17, 15) is 0 Å². The first-order valence-corrected chi connectivity index (χ1v) is 17.5. The Balaban J connectivity index is 1.28.